The molecule has 0 radical (unpaired) electrons. The van der Waals surface area contributed by atoms with Gasteiger partial charge in [0.2, 0.25) is 0 Å². The number of carbonyl (C=O) groups excluding carboxylic acids is 2. The largest absolute Gasteiger partial charge is 0.483 e. The van der Waals surface area contributed by atoms with Crippen LogP contribution in [0.1, 0.15) is 26.4 Å². The lowest BCUT2D eigenvalue weighted by atomic mass is 10.1. The number of ether oxygens (including phenoxy) is 1. The van der Waals surface area contributed by atoms with Crippen molar-refractivity contribution < 1.29 is 27.5 Å². The Hall–Kier alpha value is -3.21. The number of benzene rings is 2. The van der Waals surface area contributed by atoms with Gasteiger partial charge in [0, 0.05) is 9.86 Å². The average molecular weight is 482 g/mol. The van der Waals surface area contributed by atoms with Gasteiger partial charge in [-0.2, -0.15) is 18.3 Å². The molecule has 3 aromatic rings. The van der Waals surface area contributed by atoms with E-state index in [-0.39, 0.29) is 39.9 Å². The van der Waals surface area contributed by atoms with Crippen LogP contribution in [0.3, 0.4) is 0 Å². The van der Waals surface area contributed by atoms with Gasteiger partial charge in [-0.25, -0.2) is 5.10 Å². The number of hydrogen-bond donors (Lipinski definition) is 1. The van der Waals surface area contributed by atoms with Gasteiger partial charge in [-0.15, -0.1) is 0 Å². The minimum absolute atomic E-state index is 0.122. The number of imide groups is 1. The first-order chi connectivity index (χ1) is 14.2. The third-order valence-electron chi connectivity index (χ3n) is 4.47. The Morgan fingerprint density at radius 1 is 1.07 bits per heavy atom. The number of fused-ring (bicyclic) bond motifs is 2. The van der Waals surface area contributed by atoms with Crippen molar-refractivity contribution in [1.82, 2.24) is 15.1 Å². The van der Waals surface area contributed by atoms with Crippen molar-refractivity contribution in [3.63, 3.8) is 0 Å². The zero-order valence-electron chi connectivity index (χ0n) is 14.9. The van der Waals surface area contributed by atoms with Gasteiger partial charge in [0.15, 0.2) is 6.61 Å². The van der Waals surface area contributed by atoms with E-state index >= 15 is 0 Å². The Kier molecular flexibility index (Phi) is 4.85. The van der Waals surface area contributed by atoms with Crippen molar-refractivity contribution in [1.29, 1.82) is 0 Å². The van der Waals surface area contributed by atoms with Crippen molar-refractivity contribution in [3.05, 3.63) is 68.0 Å². The zero-order valence-corrected chi connectivity index (χ0v) is 16.5. The van der Waals surface area contributed by atoms with Gasteiger partial charge in [0.05, 0.1) is 28.8 Å². The van der Waals surface area contributed by atoms with E-state index in [1.54, 1.807) is 12.1 Å². The molecule has 2 heterocycles. The number of amides is 2. The van der Waals surface area contributed by atoms with Crippen LogP contribution in [0.2, 0.25) is 0 Å². The average Bonchev–Trinajstić information content (AvgIpc) is 2.92. The molecule has 0 aliphatic carbocycles. The summed E-state index contributed by atoms with van der Waals surface area (Å²) < 4.78 is 42.9. The van der Waals surface area contributed by atoms with Gasteiger partial charge in [-0.1, -0.05) is 28.1 Å². The smallest absolute Gasteiger partial charge is 0.422 e. The molecule has 0 fully saturated rings. The lowest BCUT2D eigenvalue weighted by Crippen LogP contribution is -2.30. The highest BCUT2D eigenvalue weighted by Crippen LogP contribution is 2.32. The molecule has 30 heavy (non-hydrogen) atoms. The van der Waals surface area contributed by atoms with E-state index in [0.717, 1.165) is 4.90 Å². The van der Waals surface area contributed by atoms with Crippen molar-refractivity contribution in [2.24, 2.45) is 0 Å². The highest BCUT2D eigenvalue weighted by molar-refractivity contribution is 9.10. The number of aromatic nitrogens is 2. The van der Waals surface area contributed by atoms with E-state index in [1.165, 1.54) is 24.3 Å². The predicted octanol–water partition coefficient (Wildman–Crippen LogP) is 3.42. The standard InChI is InChI=1S/C19H11BrF3N3O4/c20-9-5-12-13(7-26-17(28)10-3-1-2-4-11(10)18(26)29)24-25-16(27)15(12)14(6-9)30-8-19(21,22)23/h1-6H,7-8H2,(H,25,27). The molecule has 0 atom stereocenters. The monoisotopic (exact) mass is 481 g/mol. The van der Waals surface area contributed by atoms with Gasteiger partial charge < -0.3 is 4.74 Å². The molecule has 0 saturated carbocycles. The Bertz CT molecular complexity index is 1220. The fourth-order valence-corrected chi connectivity index (χ4v) is 3.64. The Labute approximate surface area is 174 Å². The third-order valence-corrected chi connectivity index (χ3v) is 4.93. The van der Waals surface area contributed by atoms with Gasteiger partial charge in [0.1, 0.15) is 5.75 Å². The zero-order chi connectivity index (χ0) is 21.6. The molecular weight excluding hydrogens is 471 g/mol. The van der Waals surface area contributed by atoms with Crippen LogP contribution in [0, 0.1) is 0 Å². The molecule has 0 unspecified atom stereocenters. The first kappa shape index (κ1) is 20.1. The molecule has 0 saturated heterocycles. The first-order valence-corrected chi connectivity index (χ1v) is 9.30. The molecule has 1 aliphatic rings. The minimum atomic E-state index is -4.60. The number of aromatic amines is 1. The molecule has 0 spiro atoms. The molecule has 1 aromatic heterocycles. The van der Waals surface area contributed by atoms with Crippen LogP contribution in [-0.4, -0.2) is 39.7 Å². The summed E-state index contributed by atoms with van der Waals surface area (Å²) >= 11 is 3.17. The fourth-order valence-electron chi connectivity index (χ4n) is 3.20. The van der Waals surface area contributed by atoms with Crippen LogP contribution in [0.25, 0.3) is 10.8 Å². The highest BCUT2D eigenvalue weighted by atomic mass is 79.9. The van der Waals surface area contributed by atoms with Crippen LogP contribution >= 0.6 is 15.9 Å². The van der Waals surface area contributed by atoms with Crippen molar-refractivity contribution >= 4 is 38.5 Å². The fraction of sp³-hybridized carbons (Fsp3) is 0.158. The summed E-state index contributed by atoms with van der Waals surface area (Å²) in [6.07, 6.45) is -4.60. The van der Waals surface area contributed by atoms with E-state index in [0.29, 0.717) is 4.47 Å². The Balaban J connectivity index is 1.77. The molecule has 1 N–H and O–H groups in total. The van der Waals surface area contributed by atoms with Crippen LogP contribution in [0.5, 0.6) is 5.75 Å². The minimum Gasteiger partial charge on any atom is -0.483 e. The number of carbonyl (C=O) groups is 2. The van der Waals surface area contributed by atoms with Gasteiger partial charge in [0.25, 0.3) is 17.4 Å². The number of nitrogens with zero attached hydrogens (tertiary/aromatic N) is 2. The number of rotatable bonds is 4. The topological polar surface area (TPSA) is 92.4 Å². The number of halogens is 4. The van der Waals surface area contributed by atoms with Crippen molar-refractivity contribution in [2.75, 3.05) is 6.61 Å². The molecule has 2 aromatic carbocycles. The lowest BCUT2D eigenvalue weighted by molar-refractivity contribution is -0.153. The predicted molar refractivity (Wildman–Crippen MR) is 102 cm³/mol. The first-order valence-electron chi connectivity index (χ1n) is 8.51. The van der Waals surface area contributed by atoms with E-state index in [9.17, 15) is 27.6 Å². The molecule has 2 amide bonds. The lowest BCUT2D eigenvalue weighted by Gasteiger charge is -2.16. The Morgan fingerprint density at radius 2 is 1.70 bits per heavy atom. The number of H-pyrrole nitrogens is 1. The maximum Gasteiger partial charge on any atom is 0.422 e. The van der Waals surface area contributed by atoms with Gasteiger partial charge in [-0.3, -0.25) is 19.3 Å². The van der Waals surface area contributed by atoms with E-state index in [4.69, 9.17) is 4.74 Å². The summed E-state index contributed by atoms with van der Waals surface area (Å²) in [6.45, 7) is -1.87. The second kappa shape index (κ2) is 7.24. The molecular formula is C19H11BrF3N3O4. The maximum absolute atomic E-state index is 12.6. The third kappa shape index (κ3) is 3.56. The van der Waals surface area contributed by atoms with E-state index < -0.39 is 30.2 Å². The number of nitrogens with one attached hydrogen (secondary N) is 1. The quantitative estimate of drug-likeness (QED) is 0.576. The summed E-state index contributed by atoms with van der Waals surface area (Å²) in [7, 11) is 0. The molecule has 1 aliphatic heterocycles. The Morgan fingerprint density at radius 3 is 2.30 bits per heavy atom. The van der Waals surface area contributed by atoms with Crippen molar-refractivity contribution in [2.45, 2.75) is 12.7 Å². The van der Waals surface area contributed by atoms with Gasteiger partial charge >= 0.3 is 6.18 Å². The molecule has 4 rings (SSSR count). The normalized spacial score (nSPS) is 13.8. The summed E-state index contributed by atoms with van der Waals surface area (Å²) in [5, 5.41) is 6.10. The van der Waals surface area contributed by atoms with Crippen LogP contribution in [0.15, 0.2) is 45.7 Å². The second-order valence-corrected chi connectivity index (χ2v) is 7.39. The second-order valence-electron chi connectivity index (χ2n) is 6.47. The number of alkyl halides is 3. The van der Waals surface area contributed by atoms with Crippen LogP contribution in [0.4, 0.5) is 13.2 Å². The van der Waals surface area contributed by atoms with Crippen LogP contribution in [-0.2, 0) is 6.54 Å². The maximum atomic E-state index is 12.6. The number of hydrogen-bond acceptors (Lipinski definition) is 5. The summed E-state index contributed by atoms with van der Waals surface area (Å²) in [5.41, 5.74) is -0.156. The summed E-state index contributed by atoms with van der Waals surface area (Å²) in [5.74, 6) is -1.36. The summed E-state index contributed by atoms with van der Waals surface area (Å²) in [6, 6.07) is 8.99. The van der Waals surface area contributed by atoms with E-state index in [2.05, 4.69) is 26.1 Å². The molecule has 7 nitrogen and oxygen atoms in total. The summed E-state index contributed by atoms with van der Waals surface area (Å²) in [4.78, 5) is 38.5. The van der Waals surface area contributed by atoms with Crippen LogP contribution < -0.4 is 10.3 Å². The molecule has 0 bridgehead atoms. The molecule has 11 heteroatoms. The van der Waals surface area contributed by atoms with Crippen molar-refractivity contribution in [3.8, 4) is 5.75 Å². The van der Waals surface area contributed by atoms with E-state index in [1.807, 2.05) is 0 Å². The molecule has 154 valence electrons. The highest BCUT2D eigenvalue weighted by Gasteiger charge is 2.36. The van der Waals surface area contributed by atoms with Gasteiger partial charge in [-0.05, 0) is 24.3 Å². The SMILES string of the molecule is O=C1c2ccccc2C(=O)N1Cc1n[nH]c(=O)c2c(OCC(F)(F)F)cc(Br)cc12.